The minimum absolute atomic E-state index is 0.0149. The number of aliphatic hydroxyl groups is 1. The van der Waals surface area contributed by atoms with Crippen molar-refractivity contribution in [1.29, 1.82) is 0 Å². The van der Waals surface area contributed by atoms with Crippen molar-refractivity contribution in [3.8, 4) is 0 Å². The first-order valence-electron chi connectivity index (χ1n) is 7.69. The summed E-state index contributed by atoms with van der Waals surface area (Å²) in [6.45, 7) is 4.98. The molecule has 2 rings (SSSR count). The average Bonchev–Trinajstić information content (AvgIpc) is 2.98. The lowest BCUT2D eigenvalue weighted by molar-refractivity contribution is -0.121. The van der Waals surface area contributed by atoms with Gasteiger partial charge in [0.1, 0.15) is 17.1 Å². The highest BCUT2D eigenvalue weighted by molar-refractivity contribution is 5.97. The fourth-order valence-corrected chi connectivity index (χ4v) is 2.23. The van der Waals surface area contributed by atoms with Crippen LogP contribution >= 0.6 is 0 Å². The smallest absolute Gasteiger partial charge is 0.251 e. The van der Waals surface area contributed by atoms with Crippen molar-refractivity contribution in [2.24, 2.45) is 0 Å². The monoisotopic (exact) mass is 330 g/mol. The predicted octanol–water partition coefficient (Wildman–Crippen LogP) is 1.65. The van der Waals surface area contributed by atoms with Gasteiger partial charge >= 0.3 is 0 Å². The third-order valence-corrected chi connectivity index (χ3v) is 3.70. The Morgan fingerprint density at radius 2 is 1.83 bits per heavy atom. The maximum atomic E-state index is 12.0. The van der Waals surface area contributed by atoms with Crippen molar-refractivity contribution in [3.63, 3.8) is 0 Å². The maximum absolute atomic E-state index is 12.0. The SMILES string of the molecule is Cc1ccc(C(C)(O)CNC(=O)CNC(=O)c2ccccc2C)o1. The van der Waals surface area contributed by atoms with E-state index in [0.717, 1.165) is 5.56 Å². The Balaban J connectivity index is 1.83. The molecule has 3 N–H and O–H groups in total. The standard InChI is InChI=1S/C18H22N2O4/c1-12-6-4-5-7-14(12)17(22)19-10-16(21)20-11-18(3,23)15-9-8-13(2)24-15/h4-9,23H,10-11H2,1-3H3,(H,19,22)(H,20,21). The topological polar surface area (TPSA) is 91.6 Å². The largest absolute Gasteiger partial charge is 0.463 e. The Morgan fingerprint density at radius 1 is 1.12 bits per heavy atom. The molecule has 2 aromatic rings. The Labute approximate surface area is 140 Å². The lowest BCUT2D eigenvalue weighted by atomic mass is 10.0. The van der Waals surface area contributed by atoms with E-state index in [2.05, 4.69) is 10.6 Å². The molecule has 128 valence electrons. The van der Waals surface area contributed by atoms with Crippen molar-refractivity contribution >= 4 is 11.8 Å². The molecule has 0 aliphatic heterocycles. The Bertz CT molecular complexity index is 734. The van der Waals surface area contributed by atoms with Crippen LogP contribution < -0.4 is 10.6 Å². The molecule has 1 heterocycles. The first-order valence-corrected chi connectivity index (χ1v) is 7.69. The van der Waals surface area contributed by atoms with Crippen LogP contribution in [-0.4, -0.2) is 30.0 Å². The van der Waals surface area contributed by atoms with Crippen molar-refractivity contribution in [1.82, 2.24) is 10.6 Å². The molecular formula is C18H22N2O4. The van der Waals surface area contributed by atoms with Gasteiger partial charge in [-0.15, -0.1) is 0 Å². The number of hydrogen-bond acceptors (Lipinski definition) is 4. The third kappa shape index (κ3) is 4.45. The lowest BCUT2D eigenvalue weighted by Crippen LogP contribution is -2.43. The summed E-state index contributed by atoms with van der Waals surface area (Å²) in [5, 5.41) is 15.5. The number of carbonyl (C=O) groups excluding carboxylic acids is 2. The Morgan fingerprint density at radius 3 is 2.46 bits per heavy atom. The maximum Gasteiger partial charge on any atom is 0.251 e. The van der Waals surface area contributed by atoms with Crippen molar-refractivity contribution in [2.45, 2.75) is 26.4 Å². The van der Waals surface area contributed by atoms with Gasteiger partial charge in [0.15, 0.2) is 0 Å². The number of hydrogen-bond donors (Lipinski definition) is 3. The number of amides is 2. The molecule has 1 atom stereocenters. The minimum atomic E-state index is -1.32. The summed E-state index contributed by atoms with van der Waals surface area (Å²) < 4.78 is 5.38. The molecule has 2 amide bonds. The number of benzene rings is 1. The fraction of sp³-hybridized carbons (Fsp3) is 0.333. The molecule has 0 bridgehead atoms. The van der Waals surface area contributed by atoms with Gasteiger partial charge in [0.2, 0.25) is 5.91 Å². The van der Waals surface area contributed by atoms with Crippen LogP contribution in [0.15, 0.2) is 40.8 Å². The third-order valence-electron chi connectivity index (χ3n) is 3.70. The average molecular weight is 330 g/mol. The second kappa shape index (κ2) is 7.31. The van der Waals surface area contributed by atoms with Gasteiger partial charge in [0.25, 0.3) is 5.91 Å². The highest BCUT2D eigenvalue weighted by Gasteiger charge is 2.27. The zero-order valence-electron chi connectivity index (χ0n) is 14.1. The molecule has 1 aromatic heterocycles. The van der Waals surface area contributed by atoms with Crippen molar-refractivity contribution in [3.05, 3.63) is 59.0 Å². The summed E-state index contributed by atoms with van der Waals surface area (Å²) in [6, 6.07) is 10.6. The fourth-order valence-electron chi connectivity index (χ4n) is 2.23. The highest BCUT2D eigenvalue weighted by atomic mass is 16.4. The van der Waals surface area contributed by atoms with Gasteiger partial charge < -0.3 is 20.2 Å². The molecule has 1 unspecified atom stereocenters. The van der Waals surface area contributed by atoms with Crippen LogP contribution in [0.2, 0.25) is 0 Å². The van der Waals surface area contributed by atoms with Crippen molar-refractivity contribution < 1.29 is 19.1 Å². The summed E-state index contributed by atoms with van der Waals surface area (Å²) in [5.41, 5.74) is 0.0547. The van der Waals surface area contributed by atoms with E-state index in [0.29, 0.717) is 17.1 Å². The van der Waals surface area contributed by atoms with E-state index >= 15 is 0 Å². The zero-order valence-corrected chi connectivity index (χ0v) is 14.1. The van der Waals surface area contributed by atoms with E-state index in [1.54, 1.807) is 38.1 Å². The number of aryl methyl sites for hydroxylation is 2. The minimum Gasteiger partial charge on any atom is -0.463 e. The van der Waals surface area contributed by atoms with Crippen LogP contribution in [0.4, 0.5) is 0 Å². The number of rotatable bonds is 6. The van der Waals surface area contributed by atoms with Crippen LogP contribution in [0.1, 0.15) is 34.4 Å². The molecule has 0 saturated carbocycles. The number of carbonyl (C=O) groups is 2. The van der Waals surface area contributed by atoms with E-state index in [9.17, 15) is 14.7 Å². The second-order valence-corrected chi connectivity index (χ2v) is 5.96. The van der Waals surface area contributed by atoms with Gasteiger partial charge in [-0.2, -0.15) is 0 Å². The van der Waals surface area contributed by atoms with E-state index < -0.39 is 5.60 Å². The molecule has 1 aromatic carbocycles. The molecule has 0 aliphatic rings. The summed E-state index contributed by atoms with van der Waals surface area (Å²) in [5.74, 6) is 0.364. The van der Waals surface area contributed by atoms with Crippen LogP contribution in [-0.2, 0) is 10.4 Å². The van der Waals surface area contributed by atoms with E-state index in [1.807, 2.05) is 19.1 Å². The van der Waals surface area contributed by atoms with Gasteiger partial charge in [0, 0.05) is 5.56 Å². The van der Waals surface area contributed by atoms with Crippen LogP contribution in [0.3, 0.4) is 0 Å². The van der Waals surface area contributed by atoms with Gasteiger partial charge in [-0.25, -0.2) is 0 Å². The van der Waals surface area contributed by atoms with E-state index in [-0.39, 0.29) is 24.9 Å². The van der Waals surface area contributed by atoms with E-state index in [4.69, 9.17) is 4.42 Å². The summed E-state index contributed by atoms with van der Waals surface area (Å²) in [6.07, 6.45) is 0. The van der Waals surface area contributed by atoms with E-state index in [1.165, 1.54) is 0 Å². The molecule has 0 saturated heterocycles. The van der Waals surface area contributed by atoms with Gasteiger partial charge in [-0.3, -0.25) is 9.59 Å². The molecule has 6 heteroatoms. The first-order chi connectivity index (χ1) is 11.3. The lowest BCUT2D eigenvalue weighted by Gasteiger charge is -2.21. The predicted molar refractivity (Wildman–Crippen MR) is 89.5 cm³/mol. The second-order valence-electron chi connectivity index (χ2n) is 5.96. The van der Waals surface area contributed by atoms with Crippen molar-refractivity contribution in [2.75, 3.05) is 13.1 Å². The normalized spacial score (nSPS) is 13.2. The summed E-state index contributed by atoms with van der Waals surface area (Å²) in [7, 11) is 0. The molecule has 24 heavy (non-hydrogen) atoms. The summed E-state index contributed by atoms with van der Waals surface area (Å²) >= 11 is 0. The molecular weight excluding hydrogens is 308 g/mol. The van der Waals surface area contributed by atoms with Gasteiger partial charge in [-0.05, 0) is 44.5 Å². The molecule has 6 nitrogen and oxygen atoms in total. The zero-order chi connectivity index (χ0) is 17.7. The van der Waals surface area contributed by atoms with Gasteiger partial charge in [-0.1, -0.05) is 18.2 Å². The van der Waals surface area contributed by atoms with Crippen LogP contribution in [0, 0.1) is 13.8 Å². The molecule has 0 aliphatic carbocycles. The van der Waals surface area contributed by atoms with Gasteiger partial charge in [0.05, 0.1) is 13.1 Å². The number of furan rings is 1. The molecule has 0 radical (unpaired) electrons. The Kier molecular flexibility index (Phi) is 5.41. The first kappa shape index (κ1) is 17.7. The molecule has 0 spiro atoms. The molecule has 0 fully saturated rings. The highest BCUT2D eigenvalue weighted by Crippen LogP contribution is 2.21. The van der Waals surface area contributed by atoms with Crippen LogP contribution in [0.5, 0.6) is 0 Å². The quantitative estimate of drug-likeness (QED) is 0.751. The number of nitrogens with one attached hydrogen (secondary N) is 2. The van der Waals surface area contributed by atoms with Crippen LogP contribution in [0.25, 0.3) is 0 Å². The summed E-state index contributed by atoms with van der Waals surface area (Å²) in [4.78, 5) is 23.9. The Hall–Kier alpha value is -2.60.